The molecule has 0 aliphatic carbocycles. The topological polar surface area (TPSA) is 9.23 Å². The zero-order valence-electron chi connectivity index (χ0n) is 7.53. The van der Waals surface area contributed by atoms with Crippen LogP contribution in [0.1, 0.15) is 19.4 Å². The molecular formula is C10H10BrFO. The van der Waals surface area contributed by atoms with Crippen LogP contribution >= 0.6 is 15.9 Å². The molecule has 70 valence electrons. The molecule has 1 nitrogen and oxygen atoms in total. The smallest absolute Gasteiger partial charge is 0.140 e. The fourth-order valence-corrected chi connectivity index (χ4v) is 2.04. The molecule has 1 heterocycles. The second-order valence-electron chi connectivity index (χ2n) is 3.88. The van der Waals surface area contributed by atoms with Gasteiger partial charge in [-0.3, -0.25) is 0 Å². The van der Waals surface area contributed by atoms with Crippen molar-refractivity contribution < 1.29 is 9.13 Å². The standard InChI is InChI=1S/C10H10BrFO/c1-10(2)5-6-8(12)4-3-7(11)9(6)13-10/h3-4H,5H2,1-2H3. The molecule has 0 aromatic heterocycles. The number of ether oxygens (including phenoxy) is 1. The Kier molecular flexibility index (Phi) is 1.88. The molecule has 0 bridgehead atoms. The maximum Gasteiger partial charge on any atom is 0.140 e. The third-order valence-corrected chi connectivity index (χ3v) is 2.76. The van der Waals surface area contributed by atoms with Crippen LogP contribution in [0.15, 0.2) is 16.6 Å². The molecule has 13 heavy (non-hydrogen) atoms. The highest BCUT2D eigenvalue weighted by molar-refractivity contribution is 9.10. The average Bonchev–Trinajstić information content (AvgIpc) is 2.35. The first kappa shape index (κ1) is 9.00. The lowest BCUT2D eigenvalue weighted by atomic mass is 10.0. The van der Waals surface area contributed by atoms with Crippen molar-refractivity contribution in [3.8, 4) is 5.75 Å². The molecule has 0 spiro atoms. The Morgan fingerprint density at radius 2 is 2.15 bits per heavy atom. The molecule has 0 fully saturated rings. The van der Waals surface area contributed by atoms with Gasteiger partial charge in [-0.15, -0.1) is 0 Å². The van der Waals surface area contributed by atoms with E-state index in [1.54, 1.807) is 6.07 Å². The molecule has 0 N–H and O–H groups in total. The summed E-state index contributed by atoms with van der Waals surface area (Å²) in [6.45, 7) is 3.91. The van der Waals surface area contributed by atoms with Crippen molar-refractivity contribution in [2.75, 3.05) is 0 Å². The molecule has 0 atom stereocenters. The van der Waals surface area contributed by atoms with Gasteiger partial charge < -0.3 is 4.74 Å². The third-order valence-electron chi connectivity index (χ3n) is 2.14. The molecule has 1 aliphatic heterocycles. The summed E-state index contributed by atoms with van der Waals surface area (Å²) in [6.07, 6.45) is 0.633. The number of fused-ring (bicyclic) bond motifs is 1. The predicted molar refractivity (Wildman–Crippen MR) is 52.5 cm³/mol. The van der Waals surface area contributed by atoms with Crippen LogP contribution in [0.5, 0.6) is 5.75 Å². The molecule has 1 aromatic rings. The Labute approximate surface area is 85.0 Å². The Morgan fingerprint density at radius 1 is 1.46 bits per heavy atom. The van der Waals surface area contributed by atoms with Crippen molar-refractivity contribution in [2.24, 2.45) is 0 Å². The summed E-state index contributed by atoms with van der Waals surface area (Å²) in [7, 11) is 0. The second kappa shape index (κ2) is 2.71. The van der Waals surface area contributed by atoms with Crippen molar-refractivity contribution in [3.63, 3.8) is 0 Å². The van der Waals surface area contributed by atoms with E-state index in [1.807, 2.05) is 13.8 Å². The van der Waals surface area contributed by atoms with E-state index in [2.05, 4.69) is 15.9 Å². The van der Waals surface area contributed by atoms with Gasteiger partial charge in [0.1, 0.15) is 17.2 Å². The highest BCUT2D eigenvalue weighted by Crippen LogP contribution is 2.41. The van der Waals surface area contributed by atoms with Gasteiger partial charge in [0.15, 0.2) is 0 Å². The van der Waals surface area contributed by atoms with Gasteiger partial charge in [-0.1, -0.05) is 0 Å². The van der Waals surface area contributed by atoms with E-state index in [0.29, 0.717) is 17.7 Å². The van der Waals surface area contributed by atoms with E-state index in [0.717, 1.165) is 4.47 Å². The molecule has 0 saturated carbocycles. The first-order chi connectivity index (χ1) is 5.99. The lowest BCUT2D eigenvalue weighted by molar-refractivity contribution is 0.137. The Hall–Kier alpha value is -0.570. The van der Waals surface area contributed by atoms with Gasteiger partial charge in [0.2, 0.25) is 0 Å². The van der Waals surface area contributed by atoms with Gasteiger partial charge in [0.05, 0.1) is 4.47 Å². The fourth-order valence-electron chi connectivity index (χ4n) is 1.59. The molecule has 2 rings (SSSR count). The summed E-state index contributed by atoms with van der Waals surface area (Å²) in [4.78, 5) is 0. The van der Waals surface area contributed by atoms with Crippen molar-refractivity contribution in [3.05, 3.63) is 28.0 Å². The molecule has 1 aliphatic rings. The van der Waals surface area contributed by atoms with Crippen LogP contribution in [-0.2, 0) is 6.42 Å². The summed E-state index contributed by atoms with van der Waals surface area (Å²) in [6, 6.07) is 3.14. The van der Waals surface area contributed by atoms with Crippen molar-refractivity contribution in [2.45, 2.75) is 25.9 Å². The van der Waals surface area contributed by atoms with Crippen LogP contribution in [0, 0.1) is 5.82 Å². The molecule has 0 saturated heterocycles. The maximum absolute atomic E-state index is 13.3. The van der Waals surface area contributed by atoms with Gasteiger partial charge in [0, 0.05) is 12.0 Å². The van der Waals surface area contributed by atoms with Crippen molar-refractivity contribution in [1.82, 2.24) is 0 Å². The predicted octanol–water partition coefficient (Wildman–Crippen LogP) is 3.30. The minimum absolute atomic E-state index is 0.177. The van der Waals surface area contributed by atoms with Crippen LogP contribution < -0.4 is 4.74 Å². The van der Waals surface area contributed by atoms with Crippen LogP contribution in [0.2, 0.25) is 0 Å². The highest BCUT2D eigenvalue weighted by Gasteiger charge is 2.33. The summed E-state index contributed by atoms with van der Waals surface area (Å²) in [5.74, 6) is 0.480. The van der Waals surface area contributed by atoms with Crippen LogP contribution in [-0.4, -0.2) is 5.60 Å². The van der Waals surface area contributed by atoms with Gasteiger partial charge in [-0.25, -0.2) is 4.39 Å². The molecule has 0 radical (unpaired) electrons. The van der Waals surface area contributed by atoms with Gasteiger partial charge in [-0.2, -0.15) is 0 Å². The maximum atomic E-state index is 13.3. The van der Waals surface area contributed by atoms with Gasteiger partial charge in [-0.05, 0) is 41.9 Å². The number of halogens is 2. The van der Waals surface area contributed by atoms with Crippen LogP contribution in [0.25, 0.3) is 0 Å². The largest absolute Gasteiger partial charge is 0.486 e. The number of benzene rings is 1. The lowest BCUT2D eigenvalue weighted by Crippen LogP contribution is -2.24. The fraction of sp³-hybridized carbons (Fsp3) is 0.400. The highest BCUT2D eigenvalue weighted by atomic mass is 79.9. The Bertz CT molecular complexity index is 327. The summed E-state index contributed by atoms with van der Waals surface area (Å²) in [5, 5.41) is 0. The van der Waals surface area contributed by atoms with Crippen molar-refractivity contribution in [1.29, 1.82) is 0 Å². The SMILES string of the molecule is CC1(C)Cc2c(F)ccc(Br)c2O1. The minimum Gasteiger partial charge on any atom is -0.486 e. The lowest BCUT2D eigenvalue weighted by Gasteiger charge is -2.17. The zero-order valence-corrected chi connectivity index (χ0v) is 9.11. The minimum atomic E-state index is -0.285. The second-order valence-corrected chi connectivity index (χ2v) is 4.73. The molecule has 0 unspecified atom stereocenters. The van der Waals surface area contributed by atoms with Gasteiger partial charge >= 0.3 is 0 Å². The van der Waals surface area contributed by atoms with Crippen LogP contribution in [0.4, 0.5) is 4.39 Å². The Morgan fingerprint density at radius 3 is 2.77 bits per heavy atom. The van der Waals surface area contributed by atoms with E-state index in [9.17, 15) is 4.39 Å². The molecule has 1 aromatic carbocycles. The van der Waals surface area contributed by atoms with E-state index in [1.165, 1.54) is 6.07 Å². The molecule has 0 amide bonds. The van der Waals surface area contributed by atoms with E-state index >= 15 is 0 Å². The van der Waals surface area contributed by atoms with E-state index in [-0.39, 0.29) is 11.4 Å². The van der Waals surface area contributed by atoms with Crippen LogP contribution in [0.3, 0.4) is 0 Å². The number of hydrogen-bond acceptors (Lipinski definition) is 1. The summed E-state index contributed by atoms with van der Waals surface area (Å²) >= 11 is 3.34. The first-order valence-electron chi connectivity index (χ1n) is 4.15. The normalized spacial score (nSPS) is 18.2. The summed E-state index contributed by atoms with van der Waals surface area (Å²) in [5.41, 5.74) is 0.395. The summed E-state index contributed by atoms with van der Waals surface area (Å²) < 4.78 is 19.8. The number of rotatable bonds is 0. The van der Waals surface area contributed by atoms with Crippen molar-refractivity contribution >= 4 is 15.9 Å². The van der Waals surface area contributed by atoms with E-state index < -0.39 is 0 Å². The zero-order chi connectivity index (χ0) is 9.64. The third kappa shape index (κ3) is 1.46. The Balaban J connectivity index is 2.56. The van der Waals surface area contributed by atoms with E-state index in [4.69, 9.17) is 4.74 Å². The quantitative estimate of drug-likeness (QED) is 0.681. The molecular weight excluding hydrogens is 235 g/mol. The average molecular weight is 245 g/mol. The number of hydrogen-bond donors (Lipinski definition) is 0. The molecule has 3 heteroatoms. The van der Waals surface area contributed by atoms with Gasteiger partial charge in [0.25, 0.3) is 0 Å². The monoisotopic (exact) mass is 244 g/mol. The first-order valence-corrected chi connectivity index (χ1v) is 4.95.